The Hall–Kier alpha value is -1.88. The summed E-state index contributed by atoms with van der Waals surface area (Å²) in [6, 6.07) is 9.58. The van der Waals surface area contributed by atoms with Gasteiger partial charge in [-0.3, -0.25) is 9.59 Å². The lowest BCUT2D eigenvalue weighted by Crippen LogP contribution is -2.58. The summed E-state index contributed by atoms with van der Waals surface area (Å²) in [5, 5.41) is 3.24. The van der Waals surface area contributed by atoms with E-state index in [9.17, 15) is 9.59 Å². The number of benzene rings is 1. The van der Waals surface area contributed by atoms with Gasteiger partial charge in [0.1, 0.15) is 6.04 Å². The minimum Gasteiger partial charge on any atom is -0.343 e. The smallest absolute Gasteiger partial charge is 0.245 e. The van der Waals surface area contributed by atoms with Gasteiger partial charge in [-0.1, -0.05) is 30.3 Å². The summed E-state index contributed by atoms with van der Waals surface area (Å²) in [5.74, 6) is 2.31. The van der Waals surface area contributed by atoms with Crippen LogP contribution in [-0.4, -0.2) is 41.9 Å². The fourth-order valence-corrected chi connectivity index (χ4v) is 6.96. The zero-order valence-electron chi connectivity index (χ0n) is 17.2. The van der Waals surface area contributed by atoms with Crippen molar-refractivity contribution >= 4 is 11.8 Å². The van der Waals surface area contributed by atoms with Gasteiger partial charge in [0.25, 0.3) is 0 Å². The van der Waals surface area contributed by atoms with Crippen LogP contribution in [0.5, 0.6) is 0 Å². The lowest BCUT2D eigenvalue weighted by molar-refractivity contribution is -0.149. The number of amides is 2. The van der Waals surface area contributed by atoms with Gasteiger partial charge in [-0.05, 0) is 68.3 Å². The van der Waals surface area contributed by atoms with Crippen LogP contribution in [0.2, 0.25) is 0 Å². The molecule has 4 saturated carbocycles. The average Bonchev–Trinajstić information content (AvgIpc) is 3.13. The van der Waals surface area contributed by atoms with Crippen LogP contribution >= 0.6 is 0 Å². The molecule has 5 fully saturated rings. The molecule has 5 nitrogen and oxygen atoms in total. The summed E-state index contributed by atoms with van der Waals surface area (Å²) in [5.41, 5.74) is 6.89. The maximum atomic E-state index is 13.6. The Morgan fingerprint density at radius 2 is 1.69 bits per heavy atom. The Bertz CT molecular complexity index is 742. The van der Waals surface area contributed by atoms with Gasteiger partial charge in [-0.2, -0.15) is 0 Å². The van der Waals surface area contributed by atoms with Crippen LogP contribution in [-0.2, 0) is 16.0 Å². The van der Waals surface area contributed by atoms with Crippen molar-refractivity contribution < 1.29 is 9.59 Å². The second kappa shape index (κ2) is 7.42. The van der Waals surface area contributed by atoms with E-state index in [0.717, 1.165) is 31.2 Å². The van der Waals surface area contributed by atoms with E-state index in [1.165, 1.54) is 19.3 Å². The number of nitrogens with two attached hydrogens (primary N) is 1. The monoisotopic (exact) mass is 395 g/mol. The van der Waals surface area contributed by atoms with Crippen molar-refractivity contribution in [1.29, 1.82) is 0 Å². The number of nitrogens with zero attached hydrogens (tertiary/aromatic N) is 1. The van der Waals surface area contributed by atoms with Gasteiger partial charge in [-0.15, -0.1) is 0 Å². The van der Waals surface area contributed by atoms with Crippen molar-refractivity contribution in [2.75, 3.05) is 13.1 Å². The predicted molar refractivity (Wildman–Crippen MR) is 112 cm³/mol. The Labute approximate surface area is 173 Å². The zero-order chi connectivity index (χ0) is 20.0. The van der Waals surface area contributed by atoms with Gasteiger partial charge in [0.2, 0.25) is 11.8 Å². The van der Waals surface area contributed by atoms with Gasteiger partial charge in [0.15, 0.2) is 0 Å². The molecule has 1 aliphatic heterocycles. The topological polar surface area (TPSA) is 75.4 Å². The van der Waals surface area contributed by atoms with Crippen molar-refractivity contribution in [3.05, 3.63) is 35.9 Å². The van der Waals surface area contributed by atoms with E-state index in [1.54, 1.807) is 0 Å². The summed E-state index contributed by atoms with van der Waals surface area (Å²) < 4.78 is 0. The molecular weight excluding hydrogens is 362 g/mol. The second-order valence-corrected chi connectivity index (χ2v) is 10.2. The lowest BCUT2D eigenvalue weighted by Gasteiger charge is -2.55. The normalized spacial score (nSPS) is 36.2. The standard InChI is InChI=1S/C24H33N3O2/c25-20-6-7-27(15-20)22(28)21(11-16-4-2-1-3-5-16)26-23(29)24-12-17-8-18(13-24)10-19(9-17)14-24/h1-5,17-21H,6-15,25H2,(H,26,29)/t17?,18?,19?,20-,21?,24?/m1/s1. The molecular formula is C24H33N3O2. The molecule has 0 spiro atoms. The van der Waals surface area contributed by atoms with Crippen LogP contribution in [0, 0.1) is 23.2 Å². The molecule has 0 radical (unpaired) electrons. The number of carbonyl (C=O) groups is 2. The Morgan fingerprint density at radius 3 is 2.24 bits per heavy atom. The molecule has 5 aliphatic rings. The molecule has 2 amide bonds. The molecule has 1 saturated heterocycles. The van der Waals surface area contributed by atoms with Crippen LogP contribution in [0.4, 0.5) is 0 Å². The molecule has 5 heteroatoms. The van der Waals surface area contributed by atoms with E-state index in [4.69, 9.17) is 5.73 Å². The third kappa shape index (κ3) is 3.70. The van der Waals surface area contributed by atoms with Gasteiger partial charge in [-0.25, -0.2) is 0 Å². The molecule has 156 valence electrons. The van der Waals surface area contributed by atoms with Gasteiger partial charge >= 0.3 is 0 Å². The van der Waals surface area contributed by atoms with E-state index in [0.29, 0.717) is 37.3 Å². The molecule has 29 heavy (non-hydrogen) atoms. The van der Waals surface area contributed by atoms with Crippen LogP contribution in [0.25, 0.3) is 0 Å². The highest BCUT2D eigenvalue weighted by atomic mass is 16.2. The maximum Gasteiger partial charge on any atom is 0.245 e. The summed E-state index contributed by atoms with van der Waals surface area (Å²) in [4.78, 5) is 28.7. The van der Waals surface area contributed by atoms with Crippen molar-refractivity contribution in [3.8, 4) is 0 Å². The Morgan fingerprint density at radius 1 is 1.07 bits per heavy atom. The molecule has 1 aromatic carbocycles. The van der Waals surface area contributed by atoms with Crippen LogP contribution in [0.3, 0.4) is 0 Å². The number of carbonyl (C=O) groups excluding carboxylic acids is 2. The predicted octanol–water partition coefficient (Wildman–Crippen LogP) is 2.49. The minimum absolute atomic E-state index is 0.0277. The van der Waals surface area contributed by atoms with Crippen molar-refractivity contribution in [2.45, 2.75) is 63.5 Å². The summed E-state index contributed by atoms with van der Waals surface area (Å²) in [6.45, 7) is 1.29. The highest BCUT2D eigenvalue weighted by molar-refractivity contribution is 5.90. The molecule has 0 aromatic heterocycles. The van der Waals surface area contributed by atoms with Crippen molar-refractivity contribution in [1.82, 2.24) is 10.2 Å². The molecule has 1 heterocycles. The summed E-state index contributed by atoms with van der Waals surface area (Å²) in [6.07, 6.45) is 8.37. The zero-order valence-corrected chi connectivity index (χ0v) is 17.2. The fourth-order valence-electron chi connectivity index (χ4n) is 6.96. The first kappa shape index (κ1) is 19.1. The third-order valence-electron chi connectivity index (χ3n) is 7.94. The SMILES string of the molecule is N[C@@H]1CCN(C(=O)C(Cc2ccccc2)NC(=O)C23CC4CC(CC(C4)C2)C3)C1. The maximum absolute atomic E-state index is 13.6. The van der Waals surface area contributed by atoms with Crippen LogP contribution < -0.4 is 11.1 Å². The molecule has 2 atom stereocenters. The van der Waals surface area contributed by atoms with E-state index in [-0.39, 0.29) is 23.3 Å². The van der Waals surface area contributed by atoms with E-state index < -0.39 is 6.04 Å². The van der Waals surface area contributed by atoms with Crippen molar-refractivity contribution in [2.24, 2.45) is 28.9 Å². The first-order valence-electron chi connectivity index (χ1n) is 11.4. The number of nitrogens with one attached hydrogen (secondary N) is 1. The number of likely N-dealkylation sites (tertiary alicyclic amines) is 1. The van der Waals surface area contributed by atoms with Crippen LogP contribution in [0.1, 0.15) is 50.5 Å². The van der Waals surface area contributed by atoms with E-state index in [2.05, 4.69) is 5.32 Å². The highest BCUT2D eigenvalue weighted by Gasteiger charge is 2.55. The van der Waals surface area contributed by atoms with Gasteiger partial charge < -0.3 is 16.0 Å². The largest absolute Gasteiger partial charge is 0.343 e. The van der Waals surface area contributed by atoms with Crippen LogP contribution in [0.15, 0.2) is 30.3 Å². The minimum atomic E-state index is -0.497. The van der Waals surface area contributed by atoms with Gasteiger partial charge in [0.05, 0.1) is 0 Å². The number of hydrogen-bond acceptors (Lipinski definition) is 3. The fraction of sp³-hybridized carbons (Fsp3) is 0.667. The number of rotatable bonds is 5. The quantitative estimate of drug-likeness (QED) is 0.804. The second-order valence-electron chi connectivity index (χ2n) is 10.2. The first-order chi connectivity index (χ1) is 14.0. The Kier molecular flexibility index (Phi) is 4.89. The van der Waals surface area contributed by atoms with E-state index in [1.807, 2.05) is 35.2 Å². The Balaban J connectivity index is 1.35. The lowest BCUT2D eigenvalue weighted by atomic mass is 9.49. The van der Waals surface area contributed by atoms with E-state index >= 15 is 0 Å². The van der Waals surface area contributed by atoms with Gasteiger partial charge in [0, 0.05) is 31.0 Å². The molecule has 1 unspecified atom stereocenters. The highest BCUT2D eigenvalue weighted by Crippen LogP contribution is 2.60. The summed E-state index contributed by atoms with van der Waals surface area (Å²) in [7, 11) is 0. The first-order valence-corrected chi connectivity index (χ1v) is 11.4. The molecule has 3 N–H and O–H groups in total. The average molecular weight is 396 g/mol. The van der Waals surface area contributed by atoms with Crippen molar-refractivity contribution in [3.63, 3.8) is 0 Å². The molecule has 6 rings (SSSR count). The molecule has 4 bridgehead atoms. The number of hydrogen-bond donors (Lipinski definition) is 2. The molecule has 1 aromatic rings. The molecule has 4 aliphatic carbocycles. The third-order valence-corrected chi connectivity index (χ3v) is 7.94. The summed E-state index contributed by atoms with van der Waals surface area (Å²) >= 11 is 0.